The van der Waals surface area contributed by atoms with Crippen molar-refractivity contribution in [2.24, 2.45) is 0 Å². The van der Waals surface area contributed by atoms with Gasteiger partial charge in [0, 0.05) is 55.2 Å². The fourth-order valence-electron chi connectivity index (χ4n) is 3.37. The molecule has 0 spiro atoms. The lowest BCUT2D eigenvalue weighted by atomic mass is 9.97. The molecule has 0 aliphatic rings. The summed E-state index contributed by atoms with van der Waals surface area (Å²) in [6.07, 6.45) is 0.625. The lowest BCUT2D eigenvalue weighted by molar-refractivity contribution is -0.141. The molecule has 12 amide bonds. The summed E-state index contributed by atoms with van der Waals surface area (Å²) in [5.41, 5.74) is -1.15. The Morgan fingerprint density at radius 3 is 1.88 bits per heavy atom. The first-order valence-corrected chi connectivity index (χ1v) is 13.2. The highest BCUT2D eigenvalue weighted by atomic mass is 16.5. The van der Waals surface area contributed by atoms with Crippen LogP contribution in [0.1, 0.15) is 47.0 Å². The number of urea groups is 4. The van der Waals surface area contributed by atoms with Crippen LogP contribution in [-0.2, 0) is 23.9 Å². The first-order chi connectivity index (χ1) is 19.8. The molecule has 0 fully saturated rings. The van der Waals surface area contributed by atoms with Crippen molar-refractivity contribution in [2.45, 2.75) is 64.6 Å². The number of nitrogens with one attached hydrogen (secondary N) is 4. The third-order valence-corrected chi connectivity index (χ3v) is 6.44. The van der Waals surface area contributed by atoms with Gasteiger partial charge in [0.15, 0.2) is 0 Å². The highest BCUT2D eigenvalue weighted by molar-refractivity contribution is 6.07. The van der Waals surface area contributed by atoms with Crippen molar-refractivity contribution in [2.75, 3.05) is 42.3 Å². The third-order valence-electron chi connectivity index (χ3n) is 6.44. The average Bonchev–Trinajstić information content (AvgIpc) is 2.96. The van der Waals surface area contributed by atoms with Gasteiger partial charge < -0.3 is 25.2 Å². The number of imide groups is 4. The van der Waals surface area contributed by atoms with Crippen LogP contribution in [0, 0.1) is 0 Å². The van der Waals surface area contributed by atoms with Crippen molar-refractivity contribution in [3.05, 3.63) is 12.3 Å². The van der Waals surface area contributed by atoms with Crippen molar-refractivity contribution in [1.82, 2.24) is 40.9 Å². The molecule has 0 aromatic carbocycles. The number of nitrogens with zero attached hydrogens (tertiary/aromatic N) is 4. The summed E-state index contributed by atoms with van der Waals surface area (Å²) in [6.45, 7) is 10.0. The molecule has 0 saturated carbocycles. The van der Waals surface area contributed by atoms with E-state index in [1.165, 1.54) is 42.2 Å². The second-order valence-electron chi connectivity index (χ2n) is 10.2. The van der Waals surface area contributed by atoms with Crippen molar-refractivity contribution in [3.8, 4) is 0 Å². The van der Waals surface area contributed by atoms with Gasteiger partial charge in [0.1, 0.15) is 17.8 Å². The smallest absolute Gasteiger partial charge is 0.333 e. The molecule has 17 nitrogen and oxygen atoms in total. The van der Waals surface area contributed by atoms with Crippen molar-refractivity contribution < 1.29 is 43.1 Å². The van der Waals surface area contributed by atoms with E-state index in [1.807, 2.05) is 10.6 Å². The summed E-state index contributed by atoms with van der Waals surface area (Å²) in [6, 6.07) is -6.93. The Morgan fingerprint density at radius 1 is 0.860 bits per heavy atom. The van der Waals surface area contributed by atoms with Gasteiger partial charge in [0.2, 0.25) is 5.91 Å². The molecule has 0 radical (unpaired) electrons. The van der Waals surface area contributed by atoms with E-state index >= 15 is 0 Å². The molecule has 4 N–H and O–H groups in total. The molecule has 1 unspecified atom stereocenters. The molecule has 0 heterocycles. The minimum Gasteiger partial charge on any atom is -0.379 e. The minimum absolute atomic E-state index is 0.0977. The number of carbonyl (C=O) groups is 8. The van der Waals surface area contributed by atoms with Gasteiger partial charge in [-0.25, -0.2) is 24.1 Å². The summed E-state index contributed by atoms with van der Waals surface area (Å²) >= 11 is 0. The van der Waals surface area contributed by atoms with E-state index in [-0.39, 0.29) is 24.4 Å². The fraction of sp³-hybridized carbons (Fsp3) is 0.615. The zero-order valence-electron chi connectivity index (χ0n) is 26.4. The zero-order valence-corrected chi connectivity index (χ0v) is 26.4. The van der Waals surface area contributed by atoms with Crippen molar-refractivity contribution in [3.63, 3.8) is 0 Å². The Kier molecular flexibility index (Phi) is 15.0. The highest BCUT2D eigenvalue weighted by Gasteiger charge is 2.36. The maximum atomic E-state index is 13.2. The molecular weight excluding hydrogens is 568 g/mol. The number of methoxy groups -OCH3 is 1. The number of hydrogen-bond acceptors (Lipinski definition) is 9. The molecule has 43 heavy (non-hydrogen) atoms. The lowest BCUT2D eigenvalue weighted by Crippen LogP contribution is -2.57. The van der Waals surface area contributed by atoms with Crippen LogP contribution in [0.25, 0.3) is 0 Å². The first kappa shape index (κ1) is 38.5. The zero-order chi connectivity index (χ0) is 33.8. The van der Waals surface area contributed by atoms with Gasteiger partial charge in [0.05, 0.1) is 5.60 Å². The predicted molar refractivity (Wildman–Crippen MR) is 154 cm³/mol. The fourth-order valence-corrected chi connectivity index (χ4v) is 3.37. The normalized spacial score (nSPS) is 12.0. The van der Waals surface area contributed by atoms with Crippen LogP contribution in [0.4, 0.5) is 19.2 Å². The third kappa shape index (κ3) is 11.3. The number of amides is 12. The first-order valence-electron chi connectivity index (χ1n) is 13.2. The van der Waals surface area contributed by atoms with Gasteiger partial charge in [0.25, 0.3) is 17.7 Å². The lowest BCUT2D eigenvalue weighted by Gasteiger charge is -2.34. The Bertz CT molecular complexity index is 1120. The Balaban J connectivity index is 5.61. The van der Waals surface area contributed by atoms with E-state index in [1.54, 1.807) is 20.8 Å². The van der Waals surface area contributed by atoms with Crippen LogP contribution in [0.5, 0.6) is 0 Å². The average molecular weight is 613 g/mol. The van der Waals surface area contributed by atoms with Crippen LogP contribution in [-0.4, -0.2) is 127 Å². The van der Waals surface area contributed by atoms with E-state index in [9.17, 15) is 38.4 Å². The molecule has 242 valence electrons. The molecule has 0 aliphatic carbocycles. The standard InChI is InChI=1S/C26H44N8O9/c1-12-13-18(35)31(7)16(3)21(38)32(8)17(14-26(4,5)43-11)19(36)29-24(41)34(10)25(42)30-22(39)28-15(2)20(37)33(9)23(40)27-6/h15,17H,3,12-14H2,1-2,4-11H3,(H,27,40)(H,29,36,41)(H2,28,30,39,42)/t15?,17-/m0/s1. The van der Waals surface area contributed by atoms with Crippen LogP contribution >= 0.6 is 0 Å². The molecule has 2 atom stereocenters. The number of hydrogen-bond donors (Lipinski definition) is 4. The molecule has 0 saturated heterocycles. The van der Waals surface area contributed by atoms with E-state index in [2.05, 4.69) is 17.2 Å². The molecule has 0 aliphatic heterocycles. The Morgan fingerprint density at radius 2 is 1.40 bits per heavy atom. The van der Waals surface area contributed by atoms with Gasteiger partial charge in [-0.15, -0.1) is 0 Å². The quantitative estimate of drug-likeness (QED) is 0.234. The molecule has 0 aromatic rings. The highest BCUT2D eigenvalue weighted by Crippen LogP contribution is 2.21. The molecule has 0 rings (SSSR count). The number of likely N-dealkylation sites (N-methyl/N-ethyl adjacent to an activating group) is 3. The maximum Gasteiger partial charge on any atom is 0.333 e. The Hall–Kier alpha value is -4.54. The van der Waals surface area contributed by atoms with Gasteiger partial charge >= 0.3 is 24.1 Å². The topological polar surface area (TPSA) is 207 Å². The van der Waals surface area contributed by atoms with E-state index < -0.39 is 59.5 Å². The molecule has 0 aromatic heterocycles. The largest absolute Gasteiger partial charge is 0.379 e. The van der Waals surface area contributed by atoms with Crippen molar-refractivity contribution >= 4 is 47.8 Å². The van der Waals surface area contributed by atoms with Gasteiger partial charge in [-0.05, 0) is 27.2 Å². The monoisotopic (exact) mass is 612 g/mol. The SMILES string of the molecule is C=C(C(=O)N(C)[C@@H](CC(C)(C)OC)C(=O)NC(=O)N(C)C(=O)NC(=O)NC(C)C(=O)N(C)C(=O)NC)N(C)C(=O)CCC. The second kappa shape index (κ2) is 16.8. The summed E-state index contributed by atoms with van der Waals surface area (Å²) in [7, 11) is 7.53. The maximum absolute atomic E-state index is 13.2. The predicted octanol–water partition coefficient (Wildman–Crippen LogP) is 0.174. The number of rotatable bonds is 11. The summed E-state index contributed by atoms with van der Waals surface area (Å²) < 4.78 is 5.39. The van der Waals surface area contributed by atoms with Gasteiger partial charge in [-0.1, -0.05) is 13.5 Å². The van der Waals surface area contributed by atoms with E-state index in [0.717, 1.165) is 21.7 Å². The van der Waals surface area contributed by atoms with Crippen molar-refractivity contribution in [1.29, 1.82) is 0 Å². The van der Waals surface area contributed by atoms with E-state index in [4.69, 9.17) is 4.74 Å². The summed E-state index contributed by atoms with van der Waals surface area (Å²) in [5.74, 6) is -2.88. The summed E-state index contributed by atoms with van der Waals surface area (Å²) in [5, 5.41) is 8.24. The second-order valence-corrected chi connectivity index (χ2v) is 10.2. The molecule has 0 bridgehead atoms. The van der Waals surface area contributed by atoms with Crippen LogP contribution in [0.2, 0.25) is 0 Å². The Labute approximate surface area is 251 Å². The van der Waals surface area contributed by atoms with E-state index in [0.29, 0.717) is 11.3 Å². The minimum atomic E-state index is -1.32. The van der Waals surface area contributed by atoms with Crippen LogP contribution < -0.4 is 21.3 Å². The van der Waals surface area contributed by atoms with Crippen LogP contribution in [0.15, 0.2) is 12.3 Å². The summed E-state index contributed by atoms with van der Waals surface area (Å²) in [4.78, 5) is 103. The number of carbonyl (C=O) groups excluding carboxylic acids is 8. The van der Waals surface area contributed by atoms with Gasteiger partial charge in [-0.2, -0.15) is 0 Å². The molecule has 17 heteroatoms. The van der Waals surface area contributed by atoms with Gasteiger partial charge in [-0.3, -0.25) is 34.7 Å². The molecular formula is C26H44N8O9. The number of ether oxygens (including phenoxy) is 1. The van der Waals surface area contributed by atoms with Crippen LogP contribution in [0.3, 0.4) is 0 Å².